The smallest absolute Gasteiger partial charge is 0.452 e. The molecule has 0 bridgehead atoms. The van der Waals surface area contributed by atoms with Gasteiger partial charge in [-0.3, -0.25) is 0 Å². The van der Waals surface area contributed by atoms with E-state index in [1.165, 1.54) is 7.11 Å². The lowest BCUT2D eigenvalue weighted by Crippen LogP contribution is -1.89. The van der Waals surface area contributed by atoms with Crippen LogP contribution in [-0.4, -0.2) is 23.3 Å². The van der Waals surface area contributed by atoms with Crippen molar-refractivity contribution in [3.63, 3.8) is 0 Å². The fraction of sp³-hybridized carbons (Fsp3) is 0.100. The van der Waals surface area contributed by atoms with Crippen molar-refractivity contribution in [3.8, 4) is 5.88 Å². The molecule has 2 aromatic rings. The summed E-state index contributed by atoms with van der Waals surface area (Å²) < 4.78 is 4.31. The molecule has 2 N–H and O–H groups in total. The number of aromatic amines is 1. The van der Waals surface area contributed by atoms with E-state index in [1.807, 2.05) is 6.07 Å². The van der Waals surface area contributed by atoms with Crippen LogP contribution in [0.4, 0.5) is 10.5 Å². The summed E-state index contributed by atoms with van der Waals surface area (Å²) in [6.07, 6.45) is -0.815. The van der Waals surface area contributed by atoms with Crippen LogP contribution in [0.2, 0.25) is 0 Å². The maximum atomic E-state index is 10.8. The van der Waals surface area contributed by atoms with E-state index in [-0.39, 0.29) is 11.6 Å². The number of carbonyl (C=O) groups excluding carboxylic acids is 1. The normalized spacial score (nSPS) is 11.1. The molecule has 0 aliphatic carbocycles. The molecule has 1 amide bonds. The van der Waals surface area contributed by atoms with Gasteiger partial charge in [-0.1, -0.05) is 23.3 Å². The highest BCUT2D eigenvalue weighted by Crippen LogP contribution is 2.35. The van der Waals surface area contributed by atoms with Crippen molar-refractivity contribution in [3.05, 3.63) is 24.3 Å². The van der Waals surface area contributed by atoms with Gasteiger partial charge in [-0.25, -0.2) is 4.79 Å². The lowest BCUT2D eigenvalue weighted by molar-refractivity contribution is 0.181. The maximum Gasteiger partial charge on any atom is 0.452 e. The van der Waals surface area contributed by atoms with Crippen molar-refractivity contribution in [1.29, 1.82) is 0 Å². The third kappa shape index (κ3) is 1.72. The predicted molar refractivity (Wildman–Crippen MR) is 56.9 cm³/mol. The highest BCUT2D eigenvalue weighted by molar-refractivity contribution is 5.94. The number of hydrogen-bond acceptors (Lipinski definition) is 4. The number of H-pyrrole nitrogens is 1. The number of nitrogens with zero attached hydrogens (tertiary/aromatic N) is 2. The van der Waals surface area contributed by atoms with Crippen LogP contribution in [0.15, 0.2) is 34.5 Å². The molecule has 6 heteroatoms. The Kier molecular flexibility index (Phi) is 2.55. The number of nitrogens with one attached hydrogen (secondary N) is 1. The monoisotopic (exact) mass is 219 g/mol. The summed E-state index contributed by atoms with van der Waals surface area (Å²) in [4.78, 5) is 13.5. The lowest BCUT2D eigenvalue weighted by atomic mass is 10.2. The third-order valence-electron chi connectivity index (χ3n) is 2.07. The molecule has 2 rings (SSSR count). The Morgan fingerprint density at radius 3 is 2.94 bits per heavy atom. The van der Waals surface area contributed by atoms with E-state index >= 15 is 0 Å². The number of azo groups is 1. The minimum Gasteiger partial charge on any atom is -0.493 e. The molecule has 0 unspecified atom stereocenters. The first-order valence-corrected chi connectivity index (χ1v) is 4.51. The predicted octanol–water partition coefficient (Wildman–Crippen LogP) is 2.72. The fourth-order valence-corrected chi connectivity index (χ4v) is 1.35. The lowest BCUT2D eigenvalue weighted by Gasteiger charge is -1.90. The summed E-state index contributed by atoms with van der Waals surface area (Å²) in [5.74, 6) is -0.131. The second-order valence-electron chi connectivity index (χ2n) is 3.04. The molecule has 0 aliphatic heterocycles. The molecule has 1 aromatic carbocycles. The summed E-state index contributed by atoms with van der Waals surface area (Å²) in [6, 6.07) is 7.16. The Morgan fingerprint density at radius 1 is 1.44 bits per heavy atom. The Hall–Kier alpha value is -2.37. The van der Waals surface area contributed by atoms with Crippen molar-refractivity contribution in [2.24, 2.45) is 10.2 Å². The highest BCUT2D eigenvalue weighted by atomic mass is 16.5. The SMILES string of the molecule is COC(=O)N=Nc1c(O)[nH]c2ccccc12. The maximum absolute atomic E-state index is 10.8. The Morgan fingerprint density at radius 2 is 2.19 bits per heavy atom. The molecule has 1 heterocycles. The zero-order valence-electron chi connectivity index (χ0n) is 8.47. The molecule has 0 saturated carbocycles. The number of benzene rings is 1. The first-order chi connectivity index (χ1) is 7.72. The van der Waals surface area contributed by atoms with Gasteiger partial charge in [0.05, 0.1) is 12.6 Å². The molecule has 6 nitrogen and oxygen atoms in total. The number of fused-ring (bicyclic) bond motifs is 1. The second kappa shape index (κ2) is 4.01. The Balaban J connectivity index is 2.47. The standard InChI is InChI=1S/C10H9N3O3/c1-16-10(15)13-12-8-6-4-2-3-5-7(6)11-9(8)14/h2-5,11,14H,1H3. The molecule has 1 aromatic heterocycles. The molecule has 0 aliphatic rings. The number of aromatic hydroxyl groups is 1. The molecule has 16 heavy (non-hydrogen) atoms. The number of hydrogen-bond donors (Lipinski definition) is 2. The minimum atomic E-state index is -0.815. The van der Waals surface area contributed by atoms with Crippen LogP contribution in [0.3, 0.4) is 0 Å². The Labute approximate surface area is 90.6 Å². The van der Waals surface area contributed by atoms with Crippen molar-refractivity contribution < 1.29 is 14.6 Å². The molecule has 0 spiro atoms. The van der Waals surface area contributed by atoms with Crippen molar-refractivity contribution in [2.45, 2.75) is 0 Å². The first kappa shape index (κ1) is 10.2. The summed E-state index contributed by atoms with van der Waals surface area (Å²) in [7, 11) is 1.20. The van der Waals surface area contributed by atoms with E-state index in [0.717, 1.165) is 5.52 Å². The van der Waals surface area contributed by atoms with Crippen LogP contribution in [0.25, 0.3) is 10.9 Å². The van der Waals surface area contributed by atoms with Gasteiger partial charge in [-0.2, -0.15) is 0 Å². The average Bonchev–Trinajstić information content (AvgIpc) is 2.62. The van der Waals surface area contributed by atoms with Gasteiger partial charge in [0.15, 0.2) is 5.69 Å². The molecule has 0 fully saturated rings. The van der Waals surface area contributed by atoms with Gasteiger partial charge in [0.1, 0.15) is 0 Å². The van der Waals surface area contributed by atoms with E-state index in [9.17, 15) is 9.90 Å². The number of carbonyl (C=O) groups is 1. The fourth-order valence-electron chi connectivity index (χ4n) is 1.35. The van der Waals surface area contributed by atoms with E-state index in [2.05, 4.69) is 19.9 Å². The molecule has 82 valence electrons. The number of para-hydroxylation sites is 1. The van der Waals surface area contributed by atoms with Crippen LogP contribution in [0.1, 0.15) is 0 Å². The van der Waals surface area contributed by atoms with Gasteiger partial charge in [0, 0.05) is 5.39 Å². The van der Waals surface area contributed by atoms with E-state index < -0.39 is 6.09 Å². The first-order valence-electron chi connectivity index (χ1n) is 4.51. The Bertz CT molecular complexity index is 559. The van der Waals surface area contributed by atoms with Crippen LogP contribution in [-0.2, 0) is 4.74 Å². The van der Waals surface area contributed by atoms with Crippen LogP contribution < -0.4 is 0 Å². The van der Waals surface area contributed by atoms with Crippen LogP contribution in [0.5, 0.6) is 5.88 Å². The number of aromatic nitrogens is 1. The van der Waals surface area contributed by atoms with E-state index in [1.54, 1.807) is 18.2 Å². The van der Waals surface area contributed by atoms with Crippen molar-refractivity contribution in [2.75, 3.05) is 7.11 Å². The zero-order valence-corrected chi connectivity index (χ0v) is 8.47. The second-order valence-corrected chi connectivity index (χ2v) is 3.04. The molecular formula is C10H9N3O3. The van der Waals surface area contributed by atoms with Gasteiger partial charge in [-0.05, 0) is 6.07 Å². The van der Waals surface area contributed by atoms with E-state index in [4.69, 9.17) is 0 Å². The summed E-state index contributed by atoms with van der Waals surface area (Å²) in [5.41, 5.74) is 0.944. The number of amides is 1. The highest BCUT2D eigenvalue weighted by Gasteiger charge is 2.09. The average molecular weight is 219 g/mol. The van der Waals surface area contributed by atoms with Crippen molar-refractivity contribution >= 4 is 22.7 Å². The summed E-state index contributed by atoms with van der Waals surface area (Å²) in [5, 5.41) is 17.2. The number of rotatable bonds is 1. The zero-order chi connectivity index (χ0) is 11.5. The van der Waals surface area contributed by atoms with Gasteiger partial charge < -0.3 is 14.8 Å². The molecular weight excluding hydrogens is 210 g/mol. The summed E-state index contributed by atoms with van der Waals surface area (Å²) >= 11 is 0. The number of ether oxygens (including phenoxy) is 1. The molecule has 0 atom stereocenters. The quantitative estimate of drug-likeness (QED) is 0.723. The number of methoxy groups -OCH3 is 1. The summed E-state index contributed by atoms with van der Waals surface area (Å²) in [6.45, 7) is 0. The van der Waals surface area contributed by atoms with Gasteiger partial charge in [-0.15, -0.1) is 5.11 Å². The topological polar surface area (TPSA) is 87.0 Å². The van der Waals surface area contributed by atoms with E-state index in [0.29, 0.717) is 5.39 Å². The van der Waals surface area contributed by atoms with Crippen LogP contribution in [0, 0.1) is 0 Å². The minimum absolute atomic E-state index is 0.131. The molecule has 0 radical (unpaired) electrons. The van der Waals surface area contributed by atoms with Crippen LogP contribution >= 0.6 is 0 Å². The van der Waals surface area contributed by atoms with Gasteiger partial charge >= 0.3 is 6.09 Å². The third-order valence-corrected chi connectivity index (χ3v) is 2.07. The largest absolute Gasteiger partial charge is 0.493 e. The molecule has 0 saturated heterocycles. The van der Waals surface area contributed by atoms with Gasteiger partial charge in [0.2, 0.25) is 5.88 Å². The van der Waals surface area contributed by atoms with Crippen molar-refractivity contribution in [1.82, 2.24) is 4.98 Å². The van der Waals surface area contributed by atoms with Gasteiger partial charge in [0.25, 0.3) is 0 Å².